The molecule has 1 aliphatic rings. The lowest BCUT2D eigenvalue weighted by atomic mass is 10.0. The number of likely N-dealkylation sites (N-methyl/N-ethyl adjacent to an activating group) is 1. The normalized spacial score (nSPS) is 16.9. The van der Waals surface area contributed by atoms with Gasteiger partial charge in [0.25, 0.3) is 0 Å². The molecule has 1 aliphatic carbocycles. The Morgan fingerprint density at radius 1 is 1.15 bits per heavy atom. The Balaban J connectivity index is 1.83. The molecule has 0 radical (unpaired) electrons. The highest BCUT2D eigenvalue weighted by molar-refractivity contribution is 5.28. The average molecular weight is 274 g/mol. The van der Waals surface area contributed by atoms with Gasteiger partial charge in [0.05, 0.1) is 0 Å². The first-order valence-corrected chi connectivity index (χ1v) is 8.01. The van der Waals surface area contributed by atoms with Crippen molar-refractivity contribution in [3.63, 3.8) is 0 Å². The van der Waals surface area contributed by atoms with Gasteiger partial charge in [0.1, 0.15) is 0 Å². The molecule has 1 aromatic carbocycles. The molecule has 0 amide bonds. The first-order valence-electron chi connectivity index (χ1n) is 8.01. The van der Waals surface area contributed by atoms with E-state index in [1.54, 1.807) is 0 Å². The van der Waals surface area contributed by atoms with Gasteiger partial charge in [0, 0.05) is 19.1 Å². The molecule has 1 N–H and O–H groups in total. The second kappa shape index (κ2) is 7.24. The minimum Gasteiger partial charge on any atom is -0.309 e. The fraction of sp³-hybridized carbons (Fsp3) is 0.667. The maximum Gasteiger partial charge on any atom is 0.0208 e. The zero-order valence-electron chi connectivity index (χ0n) is 13.5. The molecule has 2 nitrogen and oxygen atoms in total. The Morgan fingerprint density at radius 3 is 2.30 bits per heavy atom. The van der Waals surface area contributed by atoms with Crippen LogP contribution >= 0.6 is 0 Å². The van der Waals surface area contributed by atoms with E-state index in [-0.39, 0.29) is 0 Å². The molecule has 1 aromatic rings. The van der Waals surface area contributed by atoms with E-state index >= 15 is 0 Å². The number of hydrogen-bond acceptors (Lipinski definition) is 2. The second-order valence-corrected chi connectivity index (χ2v) is 6.99. The summed E-state index contributed by atoms with van der Waals surface area (Å²) in [6.07, 6.45) is 4.01. The number of hydrogen-bond donors (Lipinski definition) is 1. The Labute approximate surface area is 124 Å². The van der Waals surface area contributed by atoms with Crippen molar-refractivity contribution in [3.8, 4) is 0 Å². The fourth-order valence-corrected chi connectivity index (χ4v) is 2.82. The minimum atomic E-state index is 0.577. The van der Waals surface area contributed by atoms with E-state index < -0.39 is 0 Å². The van der Waals surface area contributed by atoms with Gasteiger partial charge in [0.2, 0.25) is 0 Å². The van der Waals surface area contributed by atoms with E-state index in [1.807, 2.05) is 0 Å². The monoisotopic (exact) mass is 274 g/mol. The van der Waals surface area contributed by atoms with Gasteiger partial charge in [-0.25, -0.2) is 0 Å². The largest absolute Gasteiger partial charge is 0.309 e. The predicted octanol–water partition coefficient (Wildman–Crippen LogP) is 3.63. The van der Waals surface area contributed by atoms with Gasteiger partial charge in [-0.3, -0.25) is 0 Å². The number of nitrogens with one attached hydrogen (secondary N) is 1. The molecule has 1 unspecified atom stereocenters. The highest BCUT2D eigenvalue weighted by atomic mass is 15.1. The van der Waals surface area contributed by atoms with Gasteiger partial charge in [-0.05, 0) is 56.3 Å². The lowest BCUT2D eigenvalue weighted by Crippen LogP contribution is -2.38. The van der Waals surface area contributed by atoms with E-state index in [2.05, 4.69) is 62.4 Å². The standard InChI is InChI=1S/C18H30N2/c1-14(2)11-18(13-20(3)4)19-12-15-5-7-16(8-6-15)17-9-10-17/h5-8,14,17-19H,9-13H2,1-4H3. The minimum absolute atomic E-state index is 0.577. The molecule has 0 heterocycles. The summed E-state index contributed by atoms with van der Waals surface area (Å²) in [5, 5.41) is 3.72. The lowest BCUT2D eigenvalue weighted by Gasteiger charge is -2.24. The van der Waals surface area contributed by atoms with Crippen LogP contribution in [0.3, 0.4) is 0 Å². The SMILES string of the molecule is CC(C)CC(CN(C)C)NCc1ccc(C2CC2)cc1. The van der Waals surface area contributed by atoms with Gasteiger partial charge in [-0.15, -0.1) is 0 Å². The molecular weight excluding hydrogens is 244 g/mol. The average Bonchev–Trinajstić information content (AvgIpc) is 3.19. The van der Waals surface area contributed by atoms with Crippen LogP contribution in [-0.4, -0.2) is 31.6 Å². The molecule has 2 heteroatoms. The van der Waals surface area contributed by atoms with Gasteiger partial charge < -0.3 is 10.2 Å². The molecule has 0 spiro atoms. The summed E-state index contributed by atoms with van der Waals surface area (Å²) in [5.41, 5.74) is 2.93. The number of rotatable bonds is 8. The molecule has 0 aromatic heterocycles. The van der Waals surface area contributed by atoms with Crippen LogP contribution in [0.15, 0.2) is 24.3 Å². The summed E-state index contributed by atoms with van der Waals surface area (Å²) in [4.78, 5) is 2.27. The smallest absolute Gasteiger partial charge is 0.0208 e. The molecular formula is C18H30N2. The van der Waals surface area contributed by atoms with Crippen molar-refractivity contribution in [1.29, 1.82) is 0 Å². The third kappa shape index (κ3) is 5.26. The van der Waals surface area contributed by atoms with Crippen LogP contribution < -0.4 is 5.32 Å². The van der Waals surface area contributed by atoms with Crippen molar-refractivity contribution in [3.05, 3.63) is 35.4 Å². The van der Waals surface area contributed by atoms with Gasteiger partial charge in [-0.1, -0.05) is 38.1 Å². The zero-order chi connectivity index (χ0) is 14.5. The highest BCUT2D eigenvalue weighted by Crippen LogP contribution is 2.39. The maximum atomic E-state index is 3.72. The van der Waals surface area contributed by atoms with E-state index in [9.17, 15) is 0 Å². The molecule has 2 rings (SSSR count). The Hall–Kier alpha value is -0.860. The van der Waals surface area contributed by atoms with Crippen LogP contribution in [-0.2, 0) is 6.54 Å². The molecule has 0 bridgehead atoms. The van der Waals surface area contributed by atoms with Crippen LogP contribution in [0.4, 0.5) is 0 Å². The molecule has 1 atom stereocenters. The summed E-state index contributed by atoms with van der Waals surface area (Å²) in [6.45, 7) is 6.69. The van der Waals surface area contributed by atoms with E-state index in [4.69, 9.17) is 0 Å². The molecule has 0 aliphatic heterocycles. The number of benzene rings is 1. The van der Waals surface area contributed by atoms with E-state index in [0.717, 1.165) is 24.9 Å². The van der Waals surface area contributed by atoms with Crippen LogP contribution in [0.25, 0.3) is 0 Å². The van der Waals surface area contributed by atoms with Crippen LogP contribution in [0.2, 0.25) is 0 Å². The maximum absolute atomic E-state index is 3.72. The molecule has 1 saturated carbocycles. The first-order chi connectivity index (χ1) is 9.54. The van der Waals surface area contributed by atoms with Crippen molar-refractivity contribution in [2.75, 3.05) is 20.6 Å². The van der Waals surface area contributed by atoms with Gasteiger partial charge in [0.15, 0.2) is 0 Å². The molecule has 0 saturated heterocycles. The van der Waals surface area contributed by atoms with Crippen molar-refractivity contribution in [1.82, 2.24) is 10.2 Å². The van der Waals surface area contributed by atoms with Crippen LogP contribution in [0.1, 0.15) is 50.2 Å². The van der Waals surface area contributed by atoms with E-state index in [0.29, 0.717) is 6.04 Å². The molecule has 1 fully saturated rings. The van der Waals surface area contributed by atoms with Crippen molar-refractivity contribution < 1.29 is 0 Å². The highest BCUT2D eigenvalue weighted by Gasteiger charge is 2.22. The van der Waals surface area contributed by atoms with Crippen LogP contribution in [0.5, 0.6) is 0 Å². The quantitative estimate of drug-likeness (QED) is 0.779. The topological polar surface area (TPSA) is 15.3 Å². The van der Waals surface area contributed by atoms with Crippen molar-refractivity contribution in [2.45, 2.75) is 51.6 Å². The predicted molar refractivity (Wildman–Crippen MR) is 87.1 cm³/mol. The van der Waals surface area contributed by atoms with Gasteiger partial charge in [-0.2, -0.15) is 0 Å². The third-order valence-electron chi connectivity index (χ3n) is 3.96. The van der Waals surface area contributed by atoms with Crippen LogP contribution in [0, 0.1) is 5.92 Å². The number of nitrogens with zero attached hydrogens (tertiary/aromatic N) is 1. The van der Waals surface area contributed by atoms with Crippen molar-refractivity contribution >= 4 is 0 Å². The summed E-state index contributed by atoms with van der Waals surface area (Å²) in [5.74, 6) is 1.60. The third-order valence-corrected chi connectivity index (χ3v) is 3.96. The Morgan fingerprint density at radius 2 is 1.80 bits per heavy atom. The zero-order valence-corrected chi connectivity index (χ0v) is 13.5. The summed E-state index contributed by atoms with van der Waals surface area (Å²) in [6, 6.07) is 9.80. The molecule has 112 valence electrons. The van der Waals surface area contributed by atoms with E-state index in [1.165, 1.54) is 30.4 Å². The summed E-state index contributed by atoms with van der Waals surface area (Å²) >= 11 is 0. The molecule has 20 heavy (non-hydrogen) atoms. The second-order valence-electron chi connectivity index (χ2n) is 6.99. The summed E-state index contributed by atoms with van der Waals surface area (Å²) in [7, 11) is 4.30. The van der Waals surface area contributed by atoms with Gasteiger partial charge >= 0.3 is 0 Å². The Bertz CT molecular complexity index is 380. The van der Waals surface area contributed by atoms with Crippen molar-refractivity contribution in [2.24, 2.45) is 5.92 Å². The first kappa shape index (κ1) is 15.5. The summed E-state index contributed by atoms with van der Waals surface area (Å²) < 4.78 is 0. The fourth-order valence-electron chi connectivity index (χ4n) is 2.82. The Kier molecular flexibility index (Phi) is 5.62. The lowest BCUT2D eigenvalue weighted by molar-refractivity contribution is 0.305.